The van der Waals surface area contributed by atoms with Crippen molar-refractivity contribution in [1.82, 2.24) is 5.32 Å². The molecular formula is C13H14F3NO3. The van der Waals surface area contributed by atoms with E-state index in [0.29, 0.717) is 0 Å². The predicted molar refractivity (Wildman–Crippen MR) is 65.4 cm³/mol. The Hall–Kier alpha value is -2.05. The number of nitrogens with one attached hydrogen (secondary N) is 1. The first kappa shape index (κ1) is 16.0. The molecule has 0 spiro atoms. The molecule has 1 aromatic rings. The number of hydrogen-bond donors (Lipinski definition) is 2. The summed E-state index contributed by atoms with van der Waals surface area (Å²) < 4.78 is 37.8. The van der Waals surface area contributed by atoms with Crippen LogP contribution in [0.3, 0.4) is 0 Å². The van der Waals surface area contributed by atoms with Crippen molar-refractivity contribution in [3.8, 4) is 0 Å². The van der Waals surface area contributed by atoms with Gasteiger partial charge in [-0.15, -0.1) is 0 Å². The number of benzene rings is 1. The second-order valence-corrected chi connectivity index (χ2v) is 4.42. The van der Waals surface area contributed by atoms with Crippen LogP contribution >= 0.6 is 0 Å². The molecule has 0 bridgehead atoms. The normalized spacial score (nSPS) is 12.3. The number of amides is 1. The van der Waals surface area contributed by atoms with E-state index in [9.17, 15) is 22.8 Å². The van der Waals surface area contributed by atoms with Crippen molar-refractivity contribution in [2.75, 3.05) is 0 Å². The van der Waals surface area contributed by atoms with Crippen LogP contribution < -0.4 is 5.32 Å². The molecule has 1 atom stereocenters. The quantitative estimate of drug-likeness (QED) is 0.874. The fraction of sp³-hybridized carbons (Fsp3) is 0.385. The third-order valence-electron chi connectivity index (χ3n) is 2.72. The average Bonchev–Trinajstić information content (AvgIpc) is 2.33. The highest BCUT2D eigenvalue weighted by Gasteiger charge is 2.25. The largest absolute Gasteiger partial charge is 0.480 e. The molecule has 110 valence electrons. The SMILES string of the molecule is Cc1cc(C(=O)NC(CC(F)F)C(=O)O)cc(C)c1F. The van der Waals surface area contributed by atoms with Crippen LogP contribution in [0.1, 0.15) is 27.9 Å². The Balaban J connectivity index is 2.92. The molecule has 0 saturated carbocycles. The maximum atomic E-state index is 13.4. The van der Waals surface area contributed by atoms with Gasteiger partial charge in [-0.3, -0.25) is 4.79 Å². The van der Waals surface area contributed by atoms with E-state index in [0.717, 1.165) is 0 Å². The molecule has 0 fully saturated rings. The smallest absolute Gasteiger partial charge is 0.326 e. The Morgan fingerprint density at radius 2 is 1.75 bits per heavy atom. The van der Waals surface area contributed by atoms with E-state index in [-0.39, 0.29) is 16.7 Å². The summed E-state index contributed by atoms with van der Waals surface area (Å²) in [4.78, 5) is 22.6. The number of halogens is 3. The van der Waals surface area contributed by atoms with Crippen LogP contribution in [0.2, 0.25) is 0 Å². The highest BCUT2D eigenvalue weighted by Crippen LogP contribution is 2.15. The van der Waals surface area contributed by atoms with Crippen molar-refractivity contribution in [3.05, 3.63) is 34.6 Å². The summed E-state index contributed by atoms with van der Waals surface area (Å²) in [5.74, 6) is -2.85. The van der Waals surface area contributed by atoms with E-state index in [1.807, 2.05) is 5.32 Å². The van der Waals surface area contributed by atoms with Crippen molar-refractivity contribution in [1.29, 1.82) is 0 Å². The second kappa shape index (κ2) is 6.40. The van der Waals surface area contributed by atoms with Gasteiger partial charge in [0.05, 0.1) is 0 Å². The summed E-state index contributed by atoms with van der Waals surface area (Å²) in [5, 5.41) is 10.8. The summed E-state index contributed by atoms with van der Waals surface area (Å²) >= 11 is 0. The van der Waals surface area contributed by atoms with Gasteiger partial charge in [-0.25, -0.2) is 18.0 Å². The Bertz CT molecular complexity index is 509. The van der Waals surface area contributed by atoms with Gasteiger partial charge >= 0.3 is 5.97 Å². The summed E-state index contributed by atoms with van der Waals surface area (Å²) in [6.45, 7) is 2.90. The number of carboxylic acids is 1. The zero-order chi connectivity index (χ0) is 15.4. The molecule has 1 aromatic carbocycles. The van der Waals surface area contributed by atoms with Crippen LogP contribution in [0, 0.1) is 19.7 Å². The van der Waals surface area contributed by atoms with Crippen molar-refractivity contribution in [2.24, 2.45) is 0 Å². The molecule has 1 rings (SSSR count). The molecule has 0 saturated heterocycles. The average molecular weight is 289 g/mol. The molecule has 0 aliphatic rings. The van der Waals surface area contributed by atoms with Crippen LogP contribution in [0.15, 0.2) is 12.1 Å². The molecule has 1 amide bonds. The lowest BCUT2D eigenvalue weighted by Crippen LogP contribution is -2.42. The van der Waals surface area contributed by atoms with Crippen LogP contribution in [0.25, 0.3) is 0 Å². The predicted octanol–water partition coefficient (Wildman–Crippen LogP) is 2.28. The van der Waals surface area contributed by atoms with Gasteiger partial charge in [-0.2, -0.15) is 0 Å². The van der Waals surface area contributed by atoms with E-state index in [1.165, 1.54) is 26.0 Å². The number of carbonyl (C=O) groups is 2. The Morgan fingerprint density at radius 3 is 2.15 bits per heavy atom. The van der Waals surface area contributed by atoms with Crippen molar-refractivity contribution in [3.63, 3.8) is 0 Å². The van der Waals surface area contributed by atoms with Crippen molar-refractivity contribution >= 4 is 11.9 Å². The van der Waals surface area contributed by atoms with Gasteiger partial charge in [0.2, 0.25) is 6.43 Å². The van der Waals surface area contributed by atoms with Gasteiger partial charge in [0.15, 0.2) is 0 Å². The minimum absolute atomic E-state index is 0.0296. The minimum Gasteiger partial charge on any atom is -0.480 e. The first-order valence-electron chi connectivity index (χ1n) is 5.81. The molecule has 2 N–H and O–H groups in total. The number of hydrogen-bond acceptors (Lipinski definition) is 2. The Morgan fingerprint density at radius 1 is 1.25 bits per heavy atom. The molecule has 1 unspecified atom stereocenters. The molecule has 0 aliphatic heterocycles. The van der Waals surface area contributed by atoms with Gasteiger partial charge in [0, 0.05) is 12.0 Å². The summed E-state index contributed by atoms with van der Waals surface area (Å²) in [6.07, 6.45) is -3.84. The van der Waals surface area contributed by atoms with Crippen LogP contribution in [-0.2, 0) is 4.79 Å². The van der Waals surface area contributed by atoms with Crippen LogP contribution in [0.5, 0.6) is 0 Å². The molecule has 20 heavy (non-hydrogen) atoms. The maximum Gasteiger partial charge on any atom is 0.326 e. The zero-order valence-corrected chi connectivity index (χ0v) is 10.9. The third-order valence-corrected chi connectivity index (χ3v) is 2.72. The molecule has 0 radical (unpaired) electrons. The molecular weight excluding hydrogens is 275 g/mol. The number of aliphatic carboxylic acids is 1. The number of carbonyl (C=O) groups excluding carboxylic acids is 1. The number of carboxylic acid groups (broad SMARTS) is 1. The van der Waals surface area contributed by atoms with Crippen LogP contribution in [-0.4, -0.2) is 29.5 Å². The lowest BCUT2D eigenvalue weighted by Gasteiger charge is -2.14. The van der Waals surface area contributed by atoms with Crippen molar-refractivity contribution < 1.29 is 27.9 Å². The minimum atomic E-state index is -2.85. The molecule has 4 nitrogen and oxygen atoms in total. The zero-order valence-electron chi connectivity index (χ0n) is 10.9. The Kier molecular flexibility index (Phi) is 5.12. The van der Waals surface area contributed by atoms with Gasteiger partial charge in [0.25, 0.3) is 5.91 Å². The summed E-state index contributed by atoms with van der Waals surface area (Å²) in [7, 11) is 0. The fourth-order valence-corrected chi connectivity index (χ4v) is 1.72. The molecule has 0 aromatic heterocycles. The second-order valence-electron chi connectivity index (χ2n) is 4.42. The summed E-state index contributed by atoms with van der Waals surface area (Å²) in [5.41, 5.74) is 0.466. The first-order chi connectivity index (χ1) is 9.22. The van der Waals surface area contributed by atoms with E-state index in [2.05, 4.69) is 0 Å². The number of aryl methyl sites for hydroxylation is 2. The van der Waals surface area contributed by atoms with E-state index in [1.54, 1.807) is 0 Å². The standard InChI is InChI=1S/C13H14F3NO3/c1-6-3-8(4-7(2)11(6)16)12(18)17-9(13(19)20)5-10(14)15/h3-4,9-10H,5H2,1-2H3,(H,17,18)(H,19,20). The molecule has 0 aliphatic carbocycles. The van der Waals surface area contributed by atoms with Gasteiger partial charge < -0.3 is 10.4 Å². The highest BCUT2D eigenvalue weighted by molar-refractivity contribution is 5.96. The van der Waals surface area contributed by atoms with Gasteiger partial charge in [-0.1, -0.05) is 0 Å². The molecule has 0 heterocycles. The van der Waals surface area contributed by atoms with E-state index in [4.69, 9.17) is 5.11 Å². The first-order valence-corrected chi connectivity index (χ1v) is 5.81. The monoisotopic (exact) mass is 289 g/mol. The topological polar surface area (TPSA) is 66.4 Å². The Labute approximate surface area is 113 Å². The van der Waals surface area contributed by atoms with Crippen LogP contribution in [0.4, 0.5) is 13.2 Å². The van der Waals surface area contributed by atoms with E-state index >= 15 is 0 Å². The summed E-state index contributed by atoms with van der Waals surface area (Å²) in [6, 6.07) is 0.783. The number of alkyl halides is 2. The van der Waals surface area contributed by atoms with Gasteiger partial charge in [0.1, 0.15) is 11.9 Å². The lowest BCUT2D eigenvalue weighted by molar-refractivity contribution is -0.140. The van der Waals surface area contributed by atoms with Crippen molar-refractivity contribution in [2.45, 2.75) is 32.7 Å². The third kappa shape index (κ3) is 3.97. The highest BCUT2D eigenvalue weighted by atomic mass is 19.3. The number of rotatable bonds is 5. The molecule has 7 heteroatoms. The fourth-order valence-electron chi connectivity index (χ4n) is 1.72. The lowest BCUT2D eigenvalue weighted by atomic mass is 10.1. The maximum absolute atomic E-state index is 13.4. The van der Waals surface area contributed by atoms with Gasteiger partial charge in [-0.05, 0) is 37.1 Å². The van der Waals surface area contributed by atoms with E-state index < -0.39 is 36.6 Å².